The molecule has 0 aliphatic heterocycles. The maximum atomic E-state index is 14.2. The molecule has 2 aromatic rings. The largest absolute Gasteiger partial charge is 0.494 e. The van der Waals surface area contributed by atoms with E-state index in [9.17, 15) is 22.4 Å². The van der Waals surface area contributed by atoms with Crippen LogP contribution in [0.15, 0.2) is 22.6 Å². The van der Waals surface area contributed by atoms with E-state index < -0.39 is 30.6 Å². The van der Waals surface area contributed by atoms with Crippen LogP contribution in [0.25, 0.3) is 0 Å². The lowest BCUT2D eigenvalue weighted by Gasteiger charge is -2.17. The summed E-state index contributed by atoms with van der Waals surface area (Å²) in [6, 6.07) is 3.52. The Kier molecular flexibility index (Phi) is 6.59. The van der Waals surface area contributed by atoms with Crippen molar-refractivity contribution >= 4 is 6.09 Å². The van der Waals surface area contributed by atoms with E-state index in [1.54, 1.807) is 6.92 Å². The van der Waals surface area contributed by atoms with Gasteiger partial charge in [-0.05, 0) is 24.6 Å². The number of amides is 1. The van der Waals surface area contributed by atoms with E-state index >= 15 is 0 Å². The van der Waals surface area contributed by atoms with Crippen LogP contribution in [-0.2, 0) is 11.2 Å². The third-order valence-electron chi connectivity index (χ3n) is 3.37. The molecule has 1 unspecified atom stereocenters. The highest BCUT2D eigenvalue weighted by molar-refractivity contribution is 5.65. The molecule has 0 fully saturated rings. The Morgan fingerprint density at radius 1 is 1.33 bits per heavy atom. The summed E-state index contributed by atoms with van der Waals surface area (Å²) in [6.07, 6.45) is -7.99. The molecule has 2 N–H and O–H groups in total. The van der Waals surface area contributed by atoms with Crippen molar-refractivity contribution in [2.24, 2.45) is 5.73 Å². The second-order valence-corrected chi connectivity index (χ2v) is 5.59. The number of benzene rings is 1. The van der Waals surface area contributed by atoms with Gasteiger partial charge in [-0.25, -0.2) is 9.18 Å². The second-order valence-electron chi connectivity index (χ2n) is 5.59. The number of ether oxygens (including phenoxy) is 2. The molecule has 0 radical (unpaired) electrons. The SMILES string of the molecule is Cc1nnc(CC(OC(N)=O)c2cc(OCCCC(F)(F)F)ccc2F)o1. The number of hydrogen-bond acceptors (Lipinski definition) is 6. The van der Waals surface area contributed by atoms with Crippen molar-refractivity contribution in [1.29, 1.82) is 0 Å². The summed E-state index contributed by atoms with van der Waals surface area (Å²) in [4.78, 5) is 11.2. The standard InChI is InChI=1S/C16H17F4N3O4/c1-9-22-23-14(26-9)8-13(27-15(21)24)11-7-10(3-4-12(11)17)25-6-2-5-16(18,19)20/h3-4,7,13H,2,5-6,8H2,1H3,(H2,21,24). The van der Waals surface area contributed by atoms with E-state index in [-0.39, 0.29) is 42.5 Å². The number of nitrogens with two attached hydrogens (primary N) is 1. The quantitative estimate of drug-likeness (QED) is 0.545. The summed E-state index contributed by atoms with van der Waals surface area (Å²) in [7, 11) is 0. The van der Waals surface area contributed by atoms with Crippen molar-refractivity contribution in [2.45, 2.75) is 38.5 Å². The van der Waals surface area contributed by atoms with Crippen LogP contribution in [0.5, 0.6) is 5.75 Å². The molecule has 0 saturated carbocycles. The minimum Gasteiger partial charge on any atom is -0.494 e. The number of carbonyl (C=O) groups is 1. The topological polar surface area (TPSA) is 100 Å². The summed E-state index contributed by atoms with van der Waals surface area (Å²) < 4.78 is 66.0. The lowest BCUT2D eigenvalue weighted by atomic mass is 10.1. The number of halogens is 4. The molecule has 27 heavy (non-hydrogen) atoms. The number of alkyl halides is 3. The molecule has 1 aromatic heterocycles. The molecule has 1 amide bonds. The van der Waals surface area contributed by atoms with Crippen LogP contribution in [-0.4, -0.2) is 29.1 Å². The lowest BCUT2D eigenvalue weighted by molar-refractivity contribution is -0.136. The van der Waals surface area contributed by atoms with Crippen molar-refractivity contribution in [3.8, 4) is 5.75 Å². The first-order chi connectivity index (χ1) is 12.6. The van der Waals surface area contributed by atoms with Gasteiger partial charge in [0.05, 0.1) is 13.0 Å². The first-order valence-corrected chi connectivity index (χ1v) is 7.88. The van der Waals surface area contributed by atoms with Crippen molar-refractivity contribution < 1.29 is 36.2 Å². The number of carbonyl (C=O) groups excluding carboxylic acids is 1. The molecule has 1 aromatic carbocycles. The van der Waals surface area contributed by atoms with Crippen LogP contribution in [0.4, 0.5) is 22.4 Å². The van der Waals surface area contributed by atoms with Crippen LogP contribution in [0.3, 0.4) is 0 Å². The molecule has 0 aliphatic rings. The van der Waals surface area contributed by atoms with Gasteiger partial charge in [0.2, 0.25) is 11.8 Å². The van der Waals surface area contributed by atoms with Gasteiger partial charge in [0.15, 0.2) is 0 Å². The summed E-state index contributed by atoms with van der Waals surface area (Å²) in [5, 5.41) is 7.37. The normalized spacial score (nSPS) is 12.6. The monoisotopic (exact) mass is 391 g/mol. The fourth-order valence-corrected chi connectivity index (χ4v) is 2.25. The van der Waals surface area contributed by atoms with Gasteiger partial charge in [0.1, 0.15) is 17.7 Å². The molecule has 7 nitrogen and oxygen atoms in total. The summed E-state index contributed by atoms with van der Waals surface area (Å²) in [5.74, 6) is -0.242. The number of rotatable bonds is 8. The number of aromatic nitrogens is 2. The Morgan fingerprint density at radius 3 is 2.67 bits per heavy atom. The first-order valence-electron chi connectivity index (χ1n) is 7.88. The van der Waals surface area contributed by atoms with Crippen molar-refractivity contribution in [3.63, 3.8) is 0 Å². The highest BCUT2D eigenvalue weighted by Crippen LogP contribution is 2.28. The van der Waals surface area contributed by atoms with Gasteiger partial charge in [-0.15, -0.1) is 10.2 Å². The van der Waals surface area contributed by atoms with Gasteiger partial charge in [-0.2, -0.15) is 13.2 Å². The molecule has 2 rings (SSSR count). The Hall–Kier alpha value is -2.85. The molecule has 1 heterocycles. The van der Waals surface area contributed by atoms with Crippen molar-refractivity contribution in [3.05, 3.63) is 41.4 Å². The van der Waals surface area contributed by atoms with Crippen LogP contribution in [0, 0.1) is 12.7 Å². The lowest BCUT2D eigenvalue weighted by Crippen LogP contribution is -2.20. The molecule has 0 spiro atoms. The van der Waals surface area contributed by atoms with E-state index in [4.69, 9.17) is 19.6 Å². The van der Waals surface area contributed by atoms with Crippen molar-refractivity contribution in [2.75, 3.05) is 6.61 Å². The molecule has 1 atom stereocenters. The summed E-state index contributed by atoms with van der Waals surface area (Å²) >= 11 is 0. The average Bonchev–Trinajstić information content (AvgIpc) is 2.96. The average molecular weight is 391 g/mol. The first kappa shape index (κ1) is 20.5. The zero-order valence-corrected chi connectivity index (χ0v) is 14.3. The number of aryl methyl sites for hydroxylation is 1. The maximum Gasteiger partial charge on any atom is 0.405 e. The van der Waals surface area contributed by atoms with Gasteiger partial charge in [0, 0.05) is 18.9 Å². The number of primary amides is 1. The van der Waals surface area contributed by atoms with E-state index in [2.05, 4.69) is 10.2 Å². The fourth-order valence-electron chi connectivity index (χ4n) is 2.25. The third-order valence-corrected chi connectivity index (χ3v) is 3.37. The Bertz CT molecular complexity index is 779. The molecular weight excluding hydrogens is 374 g/mol. The van der Waals surface area contributed by atoms with Gasteiger partial charge < -0.3 is 19.6 Å². The maximum absolute atomic E-state index is 14.2. The van der Waals surface area contributed by atoms with Gasteiger partial charge in [0.25, 0.3) is 0 Å². The van der Waals surface area contributed by atoms with E-state index in [0.717, 1.165) is 6.07 Å². The Labute approximate surface area is 151 Å². The highest BCUT2D eigenvalue weighted by Gasteiger charge is 2.26. The predicted octanol–water partition coefficient (Wildman–Crippen LogP) is 3.62. The molecule has 148 valence electrons. The predicted molar refractivity (Wildman–Crippen MR) is 83.3 cm³/mol. The minimum absolute atomic E-state index is 0.0852. The summed E-state index contributed by atoms with van der Waals surface area (Å²) in [6.45, 7) is 1.34. The van der Waals surface area contributed by atoms with Crippen molar-refractivity contribution in [1.82, 2.24) is 10.2 Å². The summed E-state index contributed by atoms with van der Waals surface area (Å²) in [5.41, 5.74) is 4.94. The van der Waals surface area contributed by atoms with Gasteiger partial charge in [-0.1, -0.05) is 0 Å². The molecule has 11 heteroatoms. The van der Waals surface area contributed by atoms with E-state index in [0.29, 0.717) is 0 Å². The van der Waals surface area contributed by atoms with E-state index in [1.807, 2.05) is 0 Å². The van der Waals surface area contributed by atoms with Crippen LogP contribution < -0.4 is 10.5 Å². The fraction of sp³-hybridized carbons (Fsp3) is 0.438. The Balaban J connectivity index is 2.12. The Morgan fingerprint density at radius 2 is 2.07 bits per heavy atom. The molecule has 0 bridgehead atoms. The van der Waals surface area contributed by atoms with Gasteiger partial charge in [-0.3, -0.25) is 0 Å². The molecular formula is C16H17F4N3O4. The third kappa shape index (κ3) is 6.76. The number of hydrogen-bond donors (Lipinski definition) is 1. The van der Waals surface area contributed by atoms with Gasteiger partial charge >= 0.3 is 12.3 Å². The molecule has 0 aliphatic carbocycles. The zero-order valence-electron chi connectivity index (χ0n) is 14.3. The second kappa shape index (κ2) is 8.69. The number of nitrogens with zero attached hydrogens (tertiary/aromatic N) is 2. The smallest absolute Gasteiger partial charge is 0.405 e. The molecule has 0 saturated heterocycles. The zero-order chi connectivity index (χ0) is 20.0. The highest BCUT2D eigenvalue weighted by atomic mass is 19.4. The minimum atomic E-state index is -4.28. The van der Waals surface area contributed by atoms with Crippen LogP contribution in [0.2, 0.25) is 0 Å². The van der Waals surface area contributed by atoms with E-state index in [1.165, 1.54) is 12.1 Å². The van der Waals surface area contributed by atoms with Crippen LogP contribution in [0.1, 0.15) is 36.3 Å². The van der Waals surface area contributed by atoms with Crippen LogP contribution >= 0.6 is 0 Å².